The van der Waals surface area contributed by atoms with E-state index in [2.05, 4.69) is 20.6 Å². The number of halogens is 5. The highest BCUT2D eigenvalue weighted by atomic mass is 19.4. The Morgan fingerprint density at radius 2 is 1.88 bits per heavy atom. The van der Waals surface area contributed by atoms with E-state index >= 15 is 0 Å². The fourth-order valence-corrected chi connectivity index (χ4v) is 4.59. The van der Waals surface area contributed by atoms with Crippen LogP contribution in [-0.2, 0) is 11.2 Å². The number of amides is 1. The first-order chi connectivity index (χ1) is 20.4. The first kappa shape index (κ1) is 29.3. The zero-order chi connectivity index (χ0) is 31.1. The lowest BCUT2D eigenvalue weighted by molar-refractivity contribution is -0.192. The molecular formula is C27H22F5N7O4. The number of fused-ring (bicyclic) bond motifs is 2. The lowest BCUT2D eigenvalue weighted by Gasteiger charge is -2.20. The van der Waals surface area contributed by atoms with Crippen molar-refractivity contribution in [3.8, 4) is 11.3 Å². The van der Waals surface area contributed by atoms with Gasteiger partial charge in [-0.15, -0.1) is 5.10 Å². The van der Waals surface area contributed by atoms with Gasteiger partial charge in [-0.05, 0) is 24.1 Å². The van der Waals surface area contributed by atoms with Crippen LogP contribution in [0.1, 0.15) is 32.8 Å². The van der Waals surface area contributed by atoms with Gasteiger partial charge in [0, 0.05) is 49.1 Å². The van der Waals surface area contributed by atoms with E-state index in [1.54, 1.807) is 13.1 Å². The summed E-state index contributed by atoms with van der Waals surface area (Å²) in [7, 11) is 1.75. The van der Waals surface area contributed by atoms with Gasteiger partial charge in [-0.3, -0.25) is 14.6 Å². The second-order valence-corrected chi connectivity index (χ2v) is 9.60. The van der Waals surface area contributed by atoms with Gasteiger partial charge in [0.1, 0.15) is 17.7 Å². The number of pyridine rings is 1. The molecule has 0 saturated heterocycles. The average Bonchev–Trinajstić information content (AvgIpc) is 3.33. The summed E-state index contributed by atoms with van der Waals surface area (Å²) in [6.07, 6.45) is -1.84. The molecule has 16 heteroatoms. The summed E-state index contributed by atoms with van der Waals surface area (Å²) >= 11 is 0. The summed E-state index contributed by atoms with van der Waals surface area (Å²) in [6.45, 7) is 0.573. The van der Waals surface area contributed by atoms with Gasteiger partial charge in [-0.2, -0.15) is 13.2 Å². The number of alkyl halides is 4. The summed E-state index contributed by atoms with van der Waals surface area (Å²) in [5.41, 5.74) is 4.08. The molecule has 1 saturated carbocycles. The normalized spacial score (nSPS) is 17.1. The molecule has 11 nitrogen and oxygen atoms in total. The van der Waals surface area contributed by atoms with Crippen LogP contribution >= 0.6 is 0 Å². The van der Waals surface area contributed by atoms with Crippen molar-refractivity contribution in [1.29, 1.82) is 0 Å². The third kappa shape index (κ3) is 5.80. The van der Waals surface area contributed by atoms with Crippen molar-refractivity contribution < 1.29 is 41.4 Å². The second kappa shape index (κ2) is 11.3. The number of carboxylic acids is 1. The molecule has 0 bridgehead atoms. The van der Waals surface area contributed by atoms with E-state index in [4.69, 9.17) is 15.0 Å². The molecule has 2 aliphatic rings. The van der Waals surface area contributed by atoms with E-state index in [0.717, 1.165) is 11.3 Å². The van der Waals surface area contributed by atoms with Gasteiger partial charge < -0.3 is 20.6 Å². The summed E-state index contributed by atoms with van der Waals surface area (Å²) in [6, 6.07) is 8.07. The largest absolute Gasteiger partial charge is 0.490 e. The van der Waals surface area contributed by atoms with Crippen molar-refractivity contribution in [3.05, 3.63) is 65.4 Å². The molecule has 1 fully saturated rings. The van der Waals surface area contributed by atoms with Gasteiger partial charge in [-0.25, -0.2) is 23.1 Å². The first-order valence-electron chi connectivity index (χ1n) is 12.7. The summed E-state index contributed by atoms with van der Waals surface area (Å²) < 4.78 is 61.3. The van der Waals surface area contributed by atoms with Crippen LogP contribution in [0.2, 0.25) is 0 Å². The van der Waals surface area contributed by atoms with Crippen LogP contribution < -0.4 is 15.5 Å². The van der Waals surface area contributed by atoms with Gasteiger partial charge in [0.05, 0.1) is 17.9 Å². The molecule has 1 aromatic carbocycles. The monoisotopic (exact) mass is 603 g/mol. The number of carbonyl (C=O) groups is 3. The Bertz CT molecular complexity index is 1740. The lowest BCUT2D eigenvalue weighted by atomic mass is 10.0. The zero-order valence-corrected chi connectivity index (χ0v) is 22.2. The molecule has 1 amide bonds. The minimum atomic E-state index is -5.08. The molecule has 0 radical (unpaired) electrons. The number of nitrogens with zero attached hydrogens (tertiary/aromatic N) is 5. The van der Waals surface area contributed by atoms with Crippen LogP contribution in [-0.4, -0.2) is 74.8 Å². The molecule has 3 aromatic heterocycles. The zero-order valence-electron chi connectivity index (χ0n) is 22.2. The Morgan fingerprint density at radius 3 is 2.49 bits per heavy atom. The van der Waals surface area contributed by atoms with Crippen LogP contribution in [0.4, 0.5) is 39.1 Å². The molecule has 4 heterocycles. The van der Waals surface area contributed by atoms with E-state index < -0.39 is 36.1 Å². The highest BCUT2D eigenvalue weighted by Crippen LogP contribution is 2.40. The minimum absolute atomic E-state index is 0.173. The third-order valence-electron chi connectivity index (χ3n) is 6.79. The summed E-state index contributed by atoms with van der Waals surface area (Å²) in [5, 5.41) is 17.6. The maximum Gasteiger partial charge on any atom is 0.490 e. The number of aromatic nitrogens is 4. The topological polar surface area (TPSA) is 142 Å². The van der Waals surface area contributed by atoms with Crippen molar-refractivity contribution in [1.82, 2.24) is 24.9 Å². The fraction of sp³-hybridized carbons (Fsp3) is 0.259. The van der Waals surface area contributed by atoms with Crippen LogP contribution in [0.5, 0.6) is 0 Å². The van der Waals surface area contributed by atoms with Gasteiger partial charge in [0.2, 0.25) is 0 Å². The molecule has 3 N–H and O–H groups in total. The second-order valence-electron chi connectivity index (χ2n) is 9.60. The smallest absolute Gasteiger partial charge is 0.475 e. The van der Waals surface area contributed by atoms with Crippen molar-refractivity contribution >= 4 is 41.0 Å². The number of carboxylic acid groups (broad SMARTS) is 1. The van der Waals surface area contributed by atoms with Crippen LogP contribution in [0.25, 0.3) is 16.9 Å². The highest BCUT2D eigenvalue weighted by molar-refractivity contribution is 5.94. The standard InChI is InChI=1S/C25H21F2N7O2.C2HF3O2/c1-28-19-9-22(32-34-21(11-30-24(19)34)25(36)31-18-8-16(18)26)33-6-5-14-15(3-2-4-20(14)33)23-17(27)7-13(12-35)10-29-23;3-2(4,5)1(6)7/h2-4,7,9-12,16,18,28H,5-6,8H2,1H3,(H,31,36);(H,6,7)/t16-,18+;/m0./s1. The number of anilines is 3. The predicted molar refractivity (Wildman–Crippen MR) is 143 cm³/mol. The Labute approximate surface area is 239 Å². The van der Waals surface area contributed by atoms with Crippen molar-refractivity contribution in [2.75, 3.05) is 23.8 Å². The number of hydrogen-bond donors (Lipinski definition) is 3. The number of hydrogen-bond acceptors (Lipinski definition) is 8. The third-order valence-corrected chi connectivity index (χ3v) is 6.79. The molecule has 6 rings (SSSR count). The molecule has 1 aliphatic carbocycles. The van der Waals surface area contributed by atoms with E-state index in [1.165, 1.54) is 23.0 Å². The van der Waals surface area contributed by atoms with E-state index in [9.17, 15) is 31.5 Å². The van der Waals surface area contributed by atoms with Gasteiger partial charge in [0.25, 0.3) is 5.91 Å². The van der Waals surface area contributed by atoms with Crippen LogP contribution in [0, 0.1) is 5.82 Å². The quantitative estimate of drug-likeness (QED) is 0.221. The van der Waals surface area contributed by atoms with Gasteiger partial charge in [0.15, 0.2) is 23.4 Å². The van der Waals surface area contributed by atoms with E-state index in [-0.39, 0.29) is 17.0 Å². The number of nitrogens with one attached hydrogen (secondary N) is 2. The van der Waals surface area contributed by atoms with Crippen LogP contribution in [0.3, 0.4) is 0 Å². The number of benzene rings is 1. The number of imidazole rings is 1. The fourth-order valence-electron chi connectivity index (χ4n) is 4.59. The van der Waals surface area contributed by atoms with E-state index in [0.29, 0.717) is 48.4 Å². The SMILES string of the molecule is CNc1cc(N2CCc3c(-c4ncc(C=O)cc4F)cccc32)nn2c(C(=O)N[C@@H]3C[C@@H]3F)cnc12.O=C(O)C(F)(F)F. The molecule has 43 heavy (non-hydrogen) atoms. The molecular weight excluding hydrogens is 581 g/mol. The number of aliphatic carboxylic acids is 1. The van der Waals surface area contributed by atoms with Gasteiger partial charge >= 0.3 is 12.1 Å². The molecule has 0 unspecified atom stereocenters. The average molecular weight is 604 g/mol. The Kier molecular flexibility index (Phi) is 7.69. The summed E-state index contributed by atoms with van der Waals surface area (Å²) in [5.74, 6) is -3.20. The number of carbonyl (C=O) groups excluding carboxylic acids is 2. The lowest BCUT2D eigenvalue weighted by Crippen LogP contribution is -2.28. The van der Waals surface area contributed by atoms with Crippen molar-refractivity contribution in [3.63, 3.8) is 0 Å². The maximum atomic E-state index is 14.8. The molecule has 2 atom stereocenters. The minimum Gasteiger partial charge on any atom is -0.475 e. The Balaban J connectivity index is 0.000000472. The predicted octanol–water partition coefficient (Wildman–Crippen LogP) is 3.95. The van der Waals surface area contributed by atoms with Crippen molar-refractivity contribution in [2.45, 2.75) is 31.2 Å². The Hall–Kier alpha value is -5.15. The Morgan fingerprint density at radius 1 is 1.16 bits per heavy atom. The molecule has 224 valence electrons. The highest BCUT2D eigenvalue weighted by Gasteiger charge is 2.39. The van der Waals surface area contributed by atoms with Gasteiger partial charge in [-0.1, -0.05) is 12.1 Å². The van der Waals surface area contributed by atoms with E-state index in [1.807, 2.05) is 23.1 Å². The number of rotatable bonds is 6. The summed E-state index contributed by atoms with van der Waals surface area (Å²) in [4.78, 5) is 43.1. The van der Waals surface area contributed by atoms with Crippen LogP contribution in [0.15, 0.2) is 42.7 Å². The first-order valence-corrected chi connectivity index (χ1v) is 12.7. The van der Waals surface area contributed by atoms with Crippen molar-refractivity contribution in [2.24, 2.45) is 0 Å². The molecule has 1 aliphatic heterocycles. The maximum absolute atomic E-state index is 14.8. The number of aldehydes is 1. The molecule has 0 spiro atoms. The molecule has 4 aromatic rings.